The van der Waals surface area contributed by atoms with Crippen molar-refractivity contribution in [3.8, 4) is 0 Å². The van der Waals surface area contributed by atoms with Gasteiger partial charge in [-0.05, 0) is 38.8 Å². The van der Waals surface area contributed by atoms with E-state index in [-0.39, 0.29) is 12.6 Å². The molecule has 0 amide bonds. The zero-order valence-electron chi connectivity index (χ0n) is 10.8. The van der Waals surface area contributed by atoms with Crippen molar-refractivity contribution in [2.75, 3.05) is 6.61 Å². The number of nitrogens with zero attached hydrogens (tertiary/aromatic N) is 1. The number of nitrogens with one attached hydrogen (secondary N) is 1. The Morgan fingerprint density at radius 2 is 2.17 bits per heavy atom. The monoisotopic (exact) mass is 274 g/mol. The number of hydrogen-bond donors (Lipinski definition) is 2. The van der Waals surface area contributed by atoms with Crippen molar-refractivity contribution in [3.05, 3.63) is 29.8 Å². The van der Waals surface area contributed by atoms with Crippen LogP contribution in [0.15, 0.2) is 18.3 Å². The fourth-order valence-corrected chi connectivity index (χ4v) is 2.19. The highest BCUT2D eigenvalue weighted by atomic mass is 32.2. The van der Waals surface area contributed by atoms with Crippen LogP contribution in [0.2, 0.25) is 0 Å². The van der Waals surface area contributed by atoms with Crippen LogP contribution >= 0.6 is 0 Å². The van der Waals surface area contributed by atoms with Gasteiger partial charge in [0.15, 0.2) is 0 Å². The van der Waals surface area contributed by atoms with Crippen LogP contribution in [0.25, 0.3) is 0 Å². The van der Waals surface area contributed by atoms with Crippen LogP contribution in [0.3, 0.4) is 0 Å². The standard InChI is InChI=1S/C12H19FN2O2S/c1-12(2,3)18(17)15-10(6-7-16)9-4-5-11(13)14-8-9/h4-5,8,10,15-16H,6-7H2,1-3H3. The molecular formula is C12H19FN2O2S. The van der Waals surface area contributed by atoms with Crippen LogP contribution < -0.4 is 4.72 Å². The molecule has 0 aromatic carbocycles. The molecule has 0 radical (unpaired) electrons. The zero-order valence-corrected chi connectivity index (χ0v) is 11.6. The first-order valence-corrected chi connectivity index (χ1v) is 6.90. The zero-order chi connectivity index (χ0) is 13.8. The minimum absolute atomic E-state index is 0.0453. The average molecular weight is 274 g/mol. The maximum absolute atomic E-state index is 12.7. The Balaban J connectivity index is 2.83. The molecule has 0 fully saturated rings. The molecule has 6 heteroatoms. The van der Waals surface area contributed by atoms with Gasteiger partial charge >= 0.3 is 0 Å². The minimum Gasteiger partial charge on any atom is -0.396 e. The van der Waals surface area contributed by atoms with Crippen LogP contribution in [-0.2, 0) is 11.0 Å². The number of halogens is 1. The Bertz CT molecular complexity index is 404. The predicted octanol–water partition coefficient (Wildman–Crippen LogP) is 1.70. The summed E-state index contributed by atoms with van der Waals surface area (Å²) in [5.41, 5.74) is 0.711. The summed E-state index contributed by atoms with van der Waals surface area (Å²) in [4.78, 5) is 3.56. The number of aliphatic hydroxyl groups excluding tert-OH is 1. The smallest absolute Gasteiger partial charge is 0.212 e. The molecule has 0 aliphatic rings. The molecule has 1 aromatic rings. The van der Waals surface area contributed by atoms with Gasteiger partial charge in [-0.15, -0.1) is 0 Å². The van der Waals surface area contributed by atoms with Gasteiger partial charge in [-0.25, -0.2) is 13.9 Å². The van der Waals surface area contributed by atoms with Crippen molar-refractivity contribution in [1.29, 1.82) is 0 Å². The summed E-state index contributed by atoms with van der Waals surface area (Å²) < 4.78 is 27.3. The summed E-state index contributed by atoms with van der Waals surface area (Å²) in [5, 5.41) is 9.03. The van der Waals surface area contributed by atoms with Crippen molar-refractivity contribution in [1.82, 2.24) is 9.71 Å². The lowest BCUT2D eigenvalue weighted by molar-refractivity contribution is 0.273. The molecule has 2 atom stereocenters. The summed E-state index contributed by atoms with van der Waals surface area (Å²) >= 11 is 0. The summed E-state index contributed by atoms with van der Waals surface area (Å²) in [6.45, 7) is 5.52. The molecule has 0 saturated carbocycles. The first kappa shape index (κ1) is 15.2. The third-order valence-electron chi connectivity index (χ3n) is 2.38. The van der Waals surface area contributed by atoms with Gasteiger partial charge in [-0.2, -0.15) is 4.39 Å². The molecule has 2 unspecified atom stereocenters. The molecule has 0 saturated heterocycles. The number of aromatic nitrogens is 1. The van der Waals surface area contributed by atoms with E-state index < -0.39 is 21.7 Å². The Morgan fingerprint density at radius 3 is 2.61 bits per heavy atom. The highest BCUT2D eigenvalue weighted by Gasteiger charge is 2.23. The van der Waals surface area contributed by atoms with E-state index in [1.54, 1.807) is 6.07 Å². The van der Waals surface area contributed by atoms with Crippen molar-refractivity contribution in [2.45, 2.75) is 38.0 Å². The number of rotatable bonds is 5. The average Bonchev–Trinajstić information content (AvgIpc) is 2.28. The van der Waals surface area contributed by atoms with Crippen LogP contribution in [-0.4, -0.2) is 25.7 Å². The van der Waals surface area contributed by atoms with Gasteiger partial charge in [0.25, 0.3) is 0 Å². The number of hydrogen-bond acceptors (Lipinski definition) is 3. The Morgan fingerprint density at radius 1 is 1.50 bits per heavy atom. The molecule has 18 heavy (non-hydrogen) atoms. The molecule has 4 nitrogen and oxygen atoms in total. The largest absolute Gasteiger partial charge is 0.396 e. The van der Waals surface area contributed by atoms with E-state index in [9.17, 15) is 8.60 Å². The first-order valence-electron chi connectivity index (χ1n) is 5.75. The highest BCUT2D eigenvalue weighted by Crippen LogP contribution is 2.19. The van der Waals surface area contributed by atoms with Crippen molar-refractivity contribution in [3.63, 3.8) is 0 Å². The van der Waals surface area contributed by atoms with Gasteiger partial charge in [-0.3, -0.25) is 0 Å². The second-order valence-corrected chi connectivity index (χ2v) is 6.98. The van der Waals surface area contributed by atoms with E-state index in [1.165, 1.54) is 12.3 Å². The van der Waals surface area contributed by atoms with E-state index in [2.05, 4.69) is 9.71 Å². The molecule has 2 N–H and O–H groups in total. The minimum atomic E-state index is -1.26. The molecule has 0 bridgehead atoms. The predicted molar refractivity (Wildman–Crippen MR) is 69.7 cm³/mol. The van der Waals surface area contributed by atoms with Crippen molar-refractivity contribution < 1.29 is 13.7 Å². The third kappa shape index (κ3) is 4.44. The molecule has 0 aliphatic heterocycles. The second-order valence-electron chi connectivity index (χ2n) is 4.98. The second kappa shape index (κ2) is 6.36. The van der Waals surface area contributed by atoms with Crippen molar-refractivity contribution >= 4 is 11.0 Å². The lowest BCUT2D eigenvalue weighted by atomic mass is 10.1. The fourth-order valence-electron chi connectivity index (χ4n) is 1.32. The Kier molecular flexibility index (Phi) is 5.37. The van der Waals surface area contributed by atoms with Crippen LogP contribution in [0, 0.1) is 5.95 Å². The van der Waals surface area contributed by atoms with Gasteiger partial charge in [0, 0.05) is 18.8 Å². The topological polar surface area (TPSA) is 62.2 Å². The molecule has 0 aliphatic carbocycles. The molecule has 0 spiro atoms. The number of aliphatic hydroxyl groups is 1. The van der Waals surface area contributed by atoms with Gasteiger partial charge in [-0.1, -0.05) is 6.07 Å². The quantitative estimate of drug-likeness (QED) is 0.803. The van der Waals surface area contributed by atoms with Crippen LogP contribution in [0.5, 0.6) is 0 Å². The summed E-state index contributed by atoms with van der Waals surface area (Å²) in [6.07, 6.45) is 1.79. The van der Waals surface area contributed by atoms with E-state index in [0.717, 1.165) is 0 Å². The maximum Gasteiger partial charge on any atom is 0.212 e. The molecule has 1 rings (SSSR count). The maximum atomic E-state index is 12.7. The molecule has 102 valence electrons. The van der Waals surface area contributed by atoms with E-state index >= 15 is 0 Å². The Labute approximate surface area is 109 Å². The van der Waals surface area contributed by atoms with E-state index in [4.69, 9.17) is 5.11 Å². The summed E-state index contributed by atoms with van der Waals surface area (Å²) in [6, 6.07) is 2.53. The fraction of sp³-hybridized carbons (Fsp3) is 0.583. The van der Waals surface area contributed by atoms with Gasteiger partial charge in [0.2, 0.25) is 5.95 Å². The van der Waals surface area contributed by atoms with Crippen LogP contribution in [0.1, 0.15) is 38.8 Å². The molecular weight excluding hydrogens is 255 g/mol. The van der Waals surface area contributed by atoms with Crippen LogP contribution in [0.4, 0.5) is 4.39 Å². The third-order valence-corrected chi connectivity index (χ3v) is 3.99. The lowest BCUT2D eigenvalue weighted by Gasteiger charge is -2.24. The normalized spacial score (nSPS) is 15.4. The SMILES string of the molecule is CC(C)(C)S(=O)NC(CCO)c1ccc(F)nc1. The van der Waals surface area contributed by atoms with Crippen molar-refractivity contribution in [2.24, 2.45) is 0 Å². The summed E-state index contributed by atoms with van der Waals surface area (Å²) in [5.74, 6) is -0.557. The van der Waals surface area contributed by atoms with Gasteiger partial charge in [0.05, 0.1) is 15.7 Å². The van der Waals surface area contributed by atoms with Gasteiger partial charge in [0.1, 0.15) is 0 Å². The molecule has 1 aromatic heterocycles. The van der Waals surface area contributed by atoms with E-state index in [0.29, 0.717) is 12.0 Å². The summed E-state index contributed by atoms with van der Waals surface area (Å²) in [7, 11) is -1.26. The first-order chi connectivity index (χ1) is 8.34. The highest BCUT2D eigenvalue weighted by molar-refractivity contribution is 7.84. The number of pyridine rings is 1. The lowest BCUT2D eigenvalue weighted by Crippen LogP contribution is -2.36. The van der Waals surface area contributed by atoms with Gasteiger partial charge < -0.3 is 5.11 Å². The Hall–Kier alpha value is -0.850. The van der Waals surface area contributed by atoms with E-state index in [1.807, 2.05) is 20.8 Å². The molecule has 1 heterocycles.